The number of rotatable bonds is 3. The first kappa shape index (κ1) is 13.6. The van der Waals surface area contributed by atoms with E-state index in [-0.39, 0.29) is 0 Å². The Bertz CT molecular complexity index is 578. The Morgan fingerprint density at radius 1 is 1.22 bits per heavy atom. The second-order valence-corrected chi connectivity index (χ2v) is 5.17. The van der Waals surface area contributed by atoms with E-state index in [2.05, 4.69) is 20.9 Å². The van der Waals surface area contributed by atoms with E-state index >= 15 is 0 Å². The second-order valence-electron chi connectivity index (χ2n) is 3.51. The minimum atomic E-state index is 0.424. The molecule has 18 heavy (non-hydrogen) atoms. The molecule has 0 saturated carbocycles. The van der Waals surface area contributed by atoms with Crippen molar-refractivity contribution in [3.05, 3.63) is 50.5 Å². The van der Waals surface area contributed by atoms with Crippen LogP contribution in [0.25, 0.3) is 0 Å². The normalized spacial score (nSPS) is 10.4. The third-order valence-corrected chi connectivity index (χ3v) is 3.72. The predicted octanol–water partition coefficient (Wildman–Crippen LogP) is 4.40. The monoisotopic (exact) mass is 346 g/mol. The van der Waals surface area contributed by atoms with E-state index in [4.69, 9.17) is 33.7 Å². The molecule has 2 aromatic rings. The van der Waals surface area contributed by atoms with Crippen molar-refractivity contribution in [2.75, 3.05) is 0 Å². The summed E-state index contributed by atoms with van der Waals surface area (Å²) < 4.78 is 6.30. The Balaban J connectivity index is 2.30. The fourth-order valence-corrected chi connectivity index (χ4v) is 2.16. The summed E-state index contributed by atoms with van der Waals surface area (Å²) in [6, 6.07) is 6.88. The van der Waals surface area contributed by atoms with Crippen molar-refractivity contribution >= 4 is 39.1 Å². The maximum Gasteiger partial charge on any atom is 0.219 e. The number of hydrogen-bond acceptors (Lipinski definition) is 3. The largest absolute Gasteiger partial charge is 0.437 e. The zero-order valence-electron chi connectivity index (χ0n) is 9.16. The Labute approximate surface area is 123 Å². The molecule has 0 aliphatic heterocycles. The second kappa shape index (κ2) is 5.89. The summed E-state index contributed by atoms with van der Waals surface area (Å²) >= 11 is 15.3. The first-order valence-corrected chi connectivity index (χ1v) is 6.62. The smallest absolute Gasteiger partial charge is 0.219 e. The number of halogens is 3. The average Bonchev–Trinajstić information content (AvgIpc) is 2.36. The van der Waals surface area contributed by atoms with Gasteiger partial charge in [0.15, 0.2) is 0 Å². The van der Waals surface area contributed by atoms with Crippen LogP contribution in [-0.2, 0) is 6.54 Å². The lowest BCUT2D eigenvalue weighted by Crippen LogP contribution is -1.97. The topological polar surface area (TPSA) is 48.1 Å². The van der Waals surface area contributed by atoms with E-state index < -0.39 is 0 Å². The molecule has 6 heteroatoms. The van der Waals surface area contributed by atoms with Crippen LogP contribution in [0, 0.1) is 0 Å². The van der Waals surface area contributed by atoms with Crippen molar-refractivity contribution < 1.29 is 4.74 Å². The highest BCUT2D eigenvalue weighted by Crippen LogP contribution is 2.36. The Morgan fingerprint density at radius 3 is 2.72 bits per heavy atom. The molecule has 0 radical (unpaired) electrons. The van der Waals surface area contributed by atoms with Gasteiger partial charge >= 0.3 is 0 Å². The molecule has 1 aromatic carbocycles. The third kappa shape index (κ3) is 3.14. The molecule has 0 atom stereocenters. The van der Waals surface area contributed by atoms with E-state index in [9.17, 15) is 0 Å². The van der Waals surface area contributed by atoms with Gasteiger partial charge in [-0.1, -0.05) is 23.2 Å². The van der Waals surface area contributed by atoms with Gasteiger partial charge in [-0.25, -0.2) is 4.98 Å². The summed E-state index contributed by atoms with van der Waals surface area (Å²) in [7, 11) is 0. The molecule has 0 aliphatic carbocycles. The lowest BCUT2D eigenvalue weighted by molar-refractivity contribution is 0.462. The van der Waals surface area contributed by atoms with Crippen LogP contribution in [-0.4, -0.2) is 4.98 Å². The number of nitrogens with zero attached hydrogens (tertiary/aromatic N) is 1. The van der Waals surface area contributed by atoms with Crippen molar-refractivity contribution in [3.63, 3.8) is 0 Å². The van der Waals surface area contributed by atoms with E-state index in [0.717, 1.165) is 5.56 Å². The first-order valence-electron chi connectivity index (χ1n) is 5.07. The number of nitrogens with two attached hydrogens (primary N) is 1. The van der Waals surface area contributed by atoms with Crippen molar-refractivity contribution in [2.45, 2.75) is 6.54 Å². The van der Waals surface area contributed by atoms with Gasteiger partial charge in [0.2, 0.25) is 5.88 Å². The van der Waals surface area contributed by atoms with Gasteiger partial charge in [0, 0.05) is 29.3 Å². The van der Waals surface area contributed by atoms with Gasteiger partial charge in [0.25, 0.3) is 0 Å². The number of aromatic nitrogens is 1. The highest BCUT2D eigenvalue weighted by Gasteiger charge is 2.08. The van der Waals surface area contributed by atoms with Gasteiger partial charge in [-0.15, -0.1) is 0 Å². The van der Waals surface area contributed by atoms with Crippen molar-refractivity contribution in [1.29, 1.82) is 0 Å². The van der Waals surface area contributed by atoms with E-state index in [1.165, 1.54) is 0 Å². The molecule has 0 amide bonds. The Hall–Kier alpha value is -0.810. The van der Waals surface area contributed by atoms with Crippen LogP contribution in [0.4, 0.5) is 0 Å². The number of pyridine rings is 1. The summed E-state index contributed by atoms with van der Waals surface area (Å²) in [5, 5.41) is 0.968. The molecule has 0 bridgehead atoms. The molecule has 2 N–H and O–H groups in total. The van der Waals surface area contributed by atoms with Crippen molar-refractivity contribution in [1.82, 2.24) is 4.98 Å². The van der Waals surface area contributed by atoms with E-state index in [1.807, 2.05) is 6.07 Å². The van der Waals surface area contributed by atoms with Gasteiger partial charge in [-0.2, -0.15) is 0 Å². The van der Waals surface area contributed by atoms with Crippen molar-refractivity contribution in [2.24, 2.45) is 5.73 Å². The molecule has 0 saturated heterocycles. The summed E-state index contributed by atoms with van der Waals surface area (Å²) in [5.41, 5.74) is 6.48. The summed E-state index contributed by atoms with van der Waals surface area (Å²) in [6.45, 7) is 0.424. The fourth-order valence-electron chi connectivity index (χ4n) is 1.33. The Kier molecular flexibility index (Phi) is 4.45. The quantitative estimate of drug-likeness (QED) is 0.837. The molecular formula is C12H9BrCl2N2O. The van der Waals surface area contributed by atoms with Gasteiger partial charge in [-0.3, -0.25) is 0 Å². The molecule has 0 fully saturated rings. The zero-order valence-corrected chi connectivity index (χ0v) is 12.3. The molecule has 1 aromatic heterocycles. The van der Waals surface area contributed by atoms with Crippen LogP contribution in [0.3, 0.4) is 0 Å². The molecule has 3 nitrogen and oxygen atoms in total. The van der Waals surface area contributed by atoms with Gasteiger partial charge in [0.1, 0.15) is 5.75 Å². The van der Waals surface area contributed by atoms with Crippen LogP contribution >= 0.6 is 39.1 Å². The first-order chi connectivity index (χ1) is 8.60. The minimum absolute atomic E-state index is 0.424. The maximum absolute atomic E-state index is 6.06. The van der Waals surface area contributed by atoms with Crippen molar-refractivity contribution in [3.8, 4) is 11.6 Å². The minimum Gasteiger partial charge on any atom is -0.437 e. The molecule has 0 unspecified atom stereocenters. The lowest BCUT2D eigenvalue weighted by atomic mass is 10.3. The summed E-state index contributed by atoms with van der Waals surface area (Å²) in [6.07, 6.45) is 1.63. The van der Waals surface area contributed by atoms with E-state index in [1.54, 1.807) is 24.4 Å². The van der Waals surface area contributed by atoms with Crippen LogP contribution in [0.1, 0.15) is 5.56 Å². The number of hydrogen-bond donors (Lipinski definition) is 1. The van der Waals surface area contributed by atoms with Gasteiger partial charge in [-0.05, 0) is 33.6 Å². The van der Waals surface area contributed by atoms with Gasteiger partial charge in [0.05, 0.1) is 10.0 Å². The Morgan fingerprint density at radius 2 is 2.00 bits per heavy atom. The standard InChI is InChI=1S/C12H9BrCl2N2O/c13-8-4-10(15)11(5-9(8)14)18-12-3-7(6-16)1-2-17-12/h1-5H,6,16H2. The highest BCUT2D eigenvalue weighted by atomic mass is 79.9. The number of ether oxygens (including phenoxy) is 1. The molecule has 0 aliphatic rings. The molecule has 1 heterocycles. The molecule has 2 rings (SSSR count). The van der Waals surface area contributed by atoms with Crippen LogP contribution in [0.2, 0.25) is 10.0 Å². The zero-order chi connectivity index (χ0) is 13.1. The number of benzene rings is 1. The predicted molar refractivity (Wildman–Crippen MR) is 76.4 cm³/mol. The van der Waals surface area contributed by atoms with Gasteiger partial charge < -0.3 is 10.5 Å². The van der Waals surface area contributed by atoms with Crippen LogP contribution in [0.5, 0.6) is 11.6 Å². The molecule has 0 spiro atoms. The maximum atomic E-state index is 6.06. The summed E-state index contributed by atoms with van der Waals surface area (Å²) in [5.74, 6) is 0.879. The molecule has 94 valence electrons. The molecular weight excluding hydrogens is 339 g/mol. The van der Waals surface area contributed by atoms with Crippen LogP contribution in [0.15, 0.2) is 34.9 Å². The van der Waals surface area contributed by atoms with E-state index in [0.29, 0.717) is 32.7 Å². The SMILES string of the molecule is NCc1ccnc(Oc2cc(Cl)c(Br)cc2Cl)c1. The lowest BCUT2D eigenvalue weighted by Gasteiger charge is -2.08. The van der Waals surface area contributed by atoms with Crippen LogP contribution < -0.4 is 10.5 Å². The summed E-state index contributed by atoms with van der Waals surface area (Å²) in [4.78, 5) is 4.08. The highest BCUT2D eigenvalue weighted by molar-refractivity contribution is 9.10. The fraction of sp³-hybridized carbons (Fsp3) is 0.0833. The third-order valence-electron chi connectivity index (χ3n) is 2.22. The average molecular weight is 348 g/mol.